The molecule has 1 fully saturated rings. The maximum absolute atomic E-state index is 13.8. The maximum Gasteiger partial charge on any atom is 0.143 e. The monoisotopic (exact) mass is 304 g/mol. The normalized spacial score (nSPS) is 19.3. The summed E-state index contributed by atoms with van der Waals surface area (Å²) < 4.78 is 27.6. The van der Waals surface area contributed by atoms with Gasteiger partial charge in [0, 0.05) is 12.0 Å². The first kappa shape index (κ1) is 13.0. The minimum Gasteiger partial charge on any atom is -0.390 e. The molecule has 1 nitrogen and oxygen atoms in total. The Morgan fingerprint density at radius 2 is 1.82 bits per heavy atom. The standard InChI is InChI=1S/C13H15BrF2O/c14-10-4-5-11(15)9(12(10)16)8-13(17)6-2-1-3-7-13/h4-5,17H,1-3,6-8H2. The Kier molecular flexibility index (Phi) is 3.83. The lowest BCUT2D eigenvalue weighted by Gasteiger charge is -2.32. The van der Waals surface area contributed by atoms with E-state index in [9.17, 15) is 13.9 Å². The zero-order valence-corrected chi connectivity index (χ0v) is 11.1. The number of benzene rings is 1. The largest absolute Gasteiger partial charge is 0.390 e. The molecule has 0 aliphatic heterocycles. The van der Waals surface area contributed by atoms with Crippen LogP contribution in [-0.4, -0.2) is 10.7 Å². The third kappa shape index (κ3) is 2.86. The van der Waals surface area contributed by atoms with Crippen molar-refractivity contribution < 1.29 is 13.9 Å². The molecule has 1 aliphatic carbocycles. The Labute approximate surface area is 108 Å². The van der Waals surface area contributed by atoms with E-state index < -0.39 is 17.2 Å². The molecule has 0 radical (unpaired) electrons. The maximum atomic E-state index is 13.8. The van der Waals surface area contributed by atoms with Crippen LogP contribution in [0.4, 0.5) is 8.78 Å². The average molecular weight is 305 g/mol. The van der Waals surface area contributed by atoms with Crippen molar-refractivity contribution in [2.45, 2.75) is 44.1 Å². The Bertz CT molecular complexity index is 414. The van der Waals surface area contributed by atoms with Crippen molar-refractivity contribution in [3.8, 4) is 0 Å². The van der Waals surface area contributed by atoms with Crippen molar-refractivity contribution in [1.82, 2.24) is 0 Å². The van der Waals surface area contributed by atoms with Gasteiger partial charge >= 0.3 is 0 Å². The molecule has 0 spiro atoms. The van der Waals surface area contributed by atoms with Gasteiger partial charge in [-0.2, -0.15) is 0 Å². The van der Waals surface area contributed by atoms with Crippen molar-refractivity contribution in [2.24, 2.45) is 0 Å². The molecule has 0 unspecified atom stereocenters. The fourth-order valence-corrected chi connectivity index (χ4v) is 2.82. The van der Waals surface area contributed by atoms with Crippen molar-refractivity contribution in [2.75, 3.05) is 0 Å². The molecular formula is C13H15BrF2O. The minimum absolute atomic E-state index is 0.0104. The summed E-state index contributed by atoms with van der Waals surface area (Å²) in [6.07, 6.45) is 4.24. The van der Waals surface area contributed by atoms with Crippen molar-refractivity contribution in [3.05, 3.63) is 33.8 Å². The molecular weight excluding hydrogens is 290 g/mol. The SMILES string of the molecule is OC1(Cc2c(F)ccc(Br)c2F)CCCCC1. The van der Waals surface area contributed by atoms with Gasteiger partial charge in [-0.15, -0.1) is 0 Å². The van der Waals surface area contributed by atoms with Gasteiger partial charge in [-0.05, 0) is 40.9 Å². The molecule has 1 aliphatic rings. The van der Waals surface area contributed by atoms with Crippen LogP contribution >= 0.6 is 15.9 Å². The van der Waals surface area contributed by atoms with Gasteiger partial charge in [0.1, 0.15) is 11.6 Å². The molecule has 4 heteroatoms. The predicted molar refractivity (Wildman–Crippen MR) is 65.8 cm³/mol. The molecule has 1 aromatic rings. The Balaban J connectivity index is 2.26. The van der Waals surface area contributed by atoms with Crippen LogP contribution in [0.5, 0.6) is 0 Å². The van der Waals surface area contributed by atoms with E-state index in [4.69, 9.17) is 0 Å². The summed E-state index contributed by atoms with van der Waals surface area (Å²) in [5.41, 5.74) is -0.954. The molecule has 0 amide bonds. The molecule has 17 heavy (non-hydrogen) atoms. The van der Waals surface area contributed by atoms with Crippen LogP contribution in [0.1, 0.15) is 37.7 Å². The topological polar surface area (TPSA) is 20.2 Å². The summed E-state index contributed by atoms with van der Waals surface area (Å²) in [7, 11) is 0. The van der Waals surface area contributed by atoms with Crippen molar-refractivity contribution in [3.63, 3.8) is 0 Å². The van der Waals surface area contributed by atoms with Crippen molar-refractivity contribution >= 4 is 15.9 Å². The van der Waals surface area contributed by atoms with E-state index in [0.717, 1.165) is 19.3 Å². The van der Waals surface area contributed by atoms with Gasteiger partial charge in [-0.25, -0.2) is 8.78 Å². The van der Waals surface area contributed by atoms with E-state index in [1.807, 2.05) is 0 Å². The first-order chi connectivity index (χ1) is 8.02. The highest BCUT2D eigenvalue weighted by atomic mass is 79.9. The van der Waals surface area contributed by atoms with Gasteiger partial charge in [-0.3, -0.25) is 0 Å². The highest BCUT2D eigenvalue weighted by Gasteiger charge is 2.31. The van der Waals surface area contributed by atoms with E-state index in [1.54, 1.807) is 0 Å². The summed E-state index contributed by atoms with van der Waals surface area (Å²) in [5.74, 6) is -1.17. The van der Waals surface area contributed by atoms with Gasteiger partial charge in [0.2, 0.25) is 0 Å². The lowest BCUT2D eigenvalue weighted by Crippen LogP contribution is -2.34. The number of halogens is 3. The van der Waals surface area contributed by atoms with Crippen LogP contribution in [-0.2, 0) is 6.42 Å². The Morgan fingerprint density at radius 1 is 1.18 bits per heavy atom. The molecule has 0 aromatic heterocycles. The number of aliphatic hydroxyl groups is 1. The molecule has 1 saturated carbocycles. The fraction of sp³-hybridized carbons (Fsp3) is 0.538. The van der Waals surface area contributed by atoms with E-state index in [-0.39, 0.29) is 16.5 Å². The molecule has 1 aromatic carbocycles. The minimum atomic E-state index is -0.944. The van der Waals surface area contributed by atoms with Gasteiger partial charge < -0.3 is 5.11 Å². The van der Waals surface area contributed by atoms with E-state index in [1.165, 1.54) is 12.1 Å². The second kappa shape index (κ2) is 5.02. The first-order valence-corrected chi connectivity index (χ1v) is 6.66. The zero-order valence-electron chi connectivity index (χ0n) is 9.48. The third-order valence-electron chi connectivity index (χ3n) is 3.43. The average Bonchev–Trinajstić information content (AvgIpc) is 2.31. The van der Waals surface area contributed by atoms with E-state index in [2.05, 4.69) is 15.9 Å². The van der Waals surface area contributed by atoms with Crippen LogP contribution < -0.4 is 0 Å². The molecule has 0 atom stereocenters. The van der Waals surface area contributed by atoms with Gasteiger partial charge in [0.15, 0.2) is 0 Å². The number of hydrogen-bond donors (Lipinski definition) is 1. The van der Waals surface area contributed by atoms with Crippen LogP contribution in [0.15, 0.2) is 16.6 Å². The Morgan fingerprint density at radius 3 is 2.47 bits per heavy atom. The van der Waals surface area contributed by atoms with Crippen LogP contribution in [0.3, 0.4) is 0 Å². The van der Waals surface area contributed by atoms with Crippen LogP contribution in [0, 0.1) is 11.6 Å². The second-order valence-electron chi connectivity index (χ2n) is 4.78. The van der Waals surface area contributed by atoms with E-state index in [0.29, 0.717) is 12.8 Å². The number of hydrogen-bond acceptors (Lipinski definition) is 1. The van der Waals surface area contributed by atoms with Gasteiger partial charge in [-0.1, -0.05) is 19.3 Å². The summed E-state index contributed by atoms with van der Waals surface area (Å²) >= 11 is 3.04. The number of rotatable bonds is 2. The second-order valence-corrected chi connectivity index (χ2v) is 5.64. The molecule has 94 valence electrons. The zero-order chi connectivity index (χ0) is 12.5. The fourth-order valence-electron chi connectivity index (χ4n) is 2.45. The Hall–Kier alpha value is -0.480. The highest BCUT2D eigenvalue weighted by Crippen LogP contribution is 2.33. The summed E-state index contributed by atoms with van der Waals surface area (Å²) in [5, 5.41) is 10.3. The summed E-state index contributed by atoms with van der Waals surface area (Å²) in [4.78, 5) is 0. The quantitative estimate of drug-likeness (QED) is 0.820. The molecule has 2 rings (SSSR count). The van der Waals surface area contributed by atoms with Crippen LogP contribution in [0.2, 0.25) is 0 Å². The van der Waals surface area contributed by atoms with Crippen LogP contribution in [0.25, 0.3) is 0 Å². The third-order valence-corrected chi connectivity index (χ3v) is 4.04. The summed E-state index contributed by atoms with van der Waals surface area (Å²) in [6, 6.07) is 2.58. The highest BCUT2D eigenvalue weighted by molar-refractivity contribution is 9.10. The first-order valence-electron chi connectivity index (χ1n) is 5.87. The van der Waals surface area contributed by atoms with E-state index >= 15 is 0 Å². The molecule has 0 saturated heterocycles. The summed E-state index contributed by atoms with van der Waals surface area (Å²) in [6.45, 7) is 0. The van der Waals surface area contributed by atoms with Crippen molar-refractivity contribution in [1.29, 1.82) is 0 Å². The smallest absolute Gasteiger partial charge is 0.143 e. The molecule has 0 heterocycles. The van der Waals surface area contributed by atoms with Gasteiger partial charge in [0.25, 0.3) is 0 Å². The lowest BCUT2D eigenvalue weighted by molar-refractivity contribution is 0.00302. The lowest BCUT2D eigenvalue weighted by atomic mass is 9.80. The van der Waals surface area contributed by atoms with Gasteiger partial charge in [0.05, 0.1) is 10.1 Å². The molecule has 0 bridgehead atoms. The predicted octanol–water partition coefficient (Wildman–Crippen LogP) is 3.97. The molecule has 1 N–H and O–H groups in total.